The van der Waals surface area contributed by atoms with Crippen molar-refractivity contribution in [2.45, 2.75) is 6.42 Å². The monoisotopic (exact) mass is 241 g/mol. The van der Waals surface area contributed by atoms with Gasteiger partial charge in [0.1, 0.15) is 0 Å². The highest BCUT2D eigenvalue weighted by Crippen LogP contribution is 2.23. The number of aromatic nitrogens is 2. The Kier molecular flexibility index (Phi) is 2.49. The highest BCUT2D eigenvalue weighted by Gasteiger charge is 2.04. The Morgan fingerprint density at radius 3 is 2.94 bits per heavy atom. The second kappa shape index (κ2) is 4.14. The minimum Gasteiger partial charge on any atom is -0.375 e. The molecule has 0 radical (unpaired) electrons. The Morgan fingerprint density at radius 2 is 2.12 bits per heavy atom. The number of nitrogen functional groups attached to an aromatic ring is 1. The van der Waals surface area contributed by atoms with Gasteiger partial charge in [-0.15, -0.1) is 11.3 Å². The number of nitrogens with two attached hydrogens (primary N) is 1. The summed E-state index contributed by atoms with van der Waals surface area (Å²) in [5.74, 6) is 0. The summed E-state index contributed by atoms with van der Waals surface area (Å²) in [6.07, 6.45) is 6.43. The first kappa shape index (κ1) is 10.2. The second-order valence-electron chi connectivity index (χ2n) is 3.86. The Hall–Kier alpha value is -1.94. The number of hydrogen-bond acceptors (Lipinski definition) is 4. The number of nitrogens with zero attached hydrogens (tertiary/aromatic N) is 2. The third kappa shape index (κ3) is 1.99. The molecule has 2 heterocycles. The molecule has 84 valence electrons. The lowest BCUT2D eigenvalue weighted by atomic mass is 10.0. The van der Waals surface area contributed by atoms with Gasteiger partial charge >= 0.3 is 0 Å². The minimum atomic E-state index is 0.627. The predicted molar refractivity (Wildman–Crippen MR) is 71.1 cm³/mol. The van der Waals surface area contributed by atoms with Crippen LogP contribution in [0, 0.1) is 0 Å². The van der Waals surface area contributed by atoms with Crippen LogP contribution < -0.4 is 5.73 Å². The molecule has 1 aromatic carbocycles. The Morgan fingerprint density at radius 1 is 1.18 bits per heavy atom. The normalized spacial score (nSPS) is 10.8. The van der Waals surface area contributed by atoms with Crippen LogP contribution in [0.2, 0.25) is 0 Å². The van der Waals surface area contributed by atoms with Crippen LogP contribution in [-0.2, 0) is 6.42 Å². The van der Waals surface area contributed by atoms with Crippen molar-refractivity contribution in [3.63, 3.8) is 0 Å². The smallest absolute Gasteiger partial charge is 0.180 e. The minimum absolute atomic E-state index is 0.627. The maximum Gasteiger partial charge on any atom is 0.180 e. The second-order valence-corrected chi connectivity index (χ2v) is 5.00. The van der Waals surface area contributed by atoms with Gasteiger partial charge in [0.2, 0.25) is 0 Å². The van der Waals surface area contributed by atoms with Crippen molar-refractivity contribution in [2.24, 2.45) is 0 Å². The molecule has 17 heavy (non-hydrogen) atoms. The third-order valence-corrected chi connectivity index (χ3v) is 3.53. The lowest BCUT2D eigenvalue weighted by Gasteiger charge is -2.04. The Balaban J connectivity index is 2.05. The highest BCUT2D eigenvalue weighted by atomic mass is 32.1. The van der Waals surface area contributed by atoms with E-state index in [0.29, 0.717) is 5.13 Å². The summed E-state index contributed by atoms with van der Waals surface area (Å²) < 4.78 is 0. The van der Waals surface area contributed by atoms with Gasteiger partial charge in [0.25, 0.3) is 0 Å². The molecule has 3 aromatic rings. The van der Waals surface area contributed by atoms with E-state index in [4.69, 9.17) is 5.73 Å². The molecule has 0 amide bonds. The van der Waals surface area contributed by atoms with Crippen LogP contribution in [0.15, 0.2) is 42.9 Å². The molecule has 0 spiro atoms. The number of thiazole rings is 1. The molecular formula is C13H11N3S. The molecule has 0 unspecified atom stereocenters. The molecule has 0 fully saturated rings. The van der Waals surface area contributed by atoms with Crippen LogP contribution in [-0.4, -0.2) is 9.97 Å². The van der Waals surface area contributed by atoms with Crippen LogP contribution in [0.3, 0.4) is 0 Å². The number of anilines is 1. The van der Waals surface area contributed by atoms with Crippen LogP contribution in [0.25, 0.3) is 10.8 Å². The zero-order chi connectivity index (χ0) is 11.7. The summed E-state index contributed by atoms with van der Waals surface area (Å²) in [5, 5.41) is 3.04. The van der Waals surface area contributed by atoms with Gasteiger partial charge in [0.05, 0.1) is 0 Å². The molecule has 0 atom stereocenters. The van der Waals surface area contributed by atoms with E-state index in [-0.39, 0.29) is 0 Å². The van der Waals surface area contributed by atoms with E-state index in [1.807, 2.05) is 18.6 Å². The average Bonchev–Trinajstić information content (AvgIpc) is 2.75. The lowest BCUT2D eigenvalue weighted by Crippen LogP contribution is -1.87. The molecule has 3 nitrogen and oxygen atoms in total. The molecule has 0 saturated heterocycles. The van der Waals surface area contributed by atoms with Gasteiger partial charge in [-0.1, -0.05) is 18.2 Å². The molecule has 2 N–H and O–H groups in total. The molecular weight excluding hydrogens is 230 g/mol. The average molecular weight is 241 g/mol. The molecule has 0 aliphatic heterocycles. The van der Waals surface area contributed by atoms with Crippen molar-refractivity contribution < 1.29 is 0 Å². The van der Waals surface area contributed by atoms with Crippen LogP contribution in [0.4, 0.5) is 5.13 Å². The van der Waals surface area contributed by atoms with Crippen molar-refractivity contribution >= 4 is 27.2 Å². The maximum atomic E-state index is 5.64. The number of fused-ring (bicyclic) bond motifs is 1. The summed E-state index contributed by atoms with van der Waals surface area (Å²) in [5.41, 5.74) is 6.93. The van der Waals surface area contributed by atoms with Gasteiger partial charge in [-0.05, 0) is 17.0 Å². The van der Waals surface area contributed by atoms with Gasteiger partial charge in [-0.2, -0.15) is 0 Å². The van der Waals surface area contributed by atoms with Gasteiger partial charge in [-0.25, -0.2) is 4.98 Å². The van der Waals surface area contributed by atoms with Crippen molar-refractivity contribution in [2.75, 3.05) is 5.73 Å². The van der Waals surface area contributed by atoms with E-state index in [1.54, 1.807) is 11.3 Å². The fourth-order valence-electron chi connectivity index (χ4n) is 1.94. The lowest BCUT2D eigenvalue weighted by molar-refractivity contribution is 1.23. The maximum absolute atomic E-state index is 5.64. The van der Waals surface area contributed by atoms with E-state index in [2.05, 4.69) is 34.2 Å². The van der Waals surface area contributed by atoms with Crippen molar-refractivity contribution in [1.82, 2.24) is 9.97 Å². The summed E-state index contributed by atoms with van der Waals surface area (Å²) >= 11 is 1.54. The summed E-state index contributed by atoms with van der Waals surface area (Å²) in [4.78, 5) is 9.40. The van der Waals surface area contributed by atoms with E-state index in [1.165, 1.54) is 21.2 Å². The molecule has 3 rings (SSSR count). The van der Waals surface area contributed by atoms with Crippen LogP contribution in [0.1, 0.15) is 10.4 Å². The van der Waals surface area contributed by atoms with E-state index >= 15 is 0 Å². The Bertz CT molecular complexity index is 655. The standard InChI is InChI=1S/C13H11N3S/c14-13-16-8-11(17-13)6-9-2-1-3-10-7-15-5-4-12(9)10/h1-5,7-8H,6H2,(H2,14,16). The summed E-state index contributed by atoms with van der Waals surface area (Å²) in [6.45, 7) is 0. The SMILES string of the molecule is Nc1ncc(Cc2cccc3cnccc23)s1. The molecule has 0 saturated carbocycles. The van der Waals surface area contributed by atoms with Crippen LogP contribution >= 0.6 is 11.3 Å². The van der Waals surface area contributed by atoms with E-state index < -0.39 is 0 Å². The molecule has 0 bridgehead atoms. The van der Waals surface area contributed by atoms with Gasteiger partial charge < -0.3 is 5.73 Å². The summed E-state index contributed by atoms with van der Waals surface area (Å²) in [6, 6.07) is 8.32. The van der Waals surface area contributed by atoms with Crippen molar-refractivity contribution in [3.05, 3.63) is 53.3 Å². The first-order valence-corrected chi connectivity index (χ1v) is 6.16. The Labute approximate surface area is 103 Å². The fourth-order valence-corrected chi connectivity index (χ4v) is 2.64. The predicted octanol–water partition coefficient (Wildman–Crippen LogP) is 2.86. The van der Waals surface area contributed by atoms with Gasteiger partial charge in [0, 0.05) is 35.3 Å². The van der Waals surface area contributed by atoms with Crippen LogP contribution in [0.5, 0.6) is 0 Å². The molecule has 2 aromatic heterocycles. The number of hydrogen-bond donors (Lipinski definition) is 1. The van der Waals surface area contributed by atoms with Gasteiger partial charge in [-0.3, -0.25) is 4.98 Å². The van der Waals surface area contributed by atoms with Gasteiger partial charge in [0.15, 0.2) is 5.13 Å². The molecule has 0 aliphatic rings. The first-order chi connectivity index (χ1) is 8.33. The first-order valence-electron chi connectivity index (χ1n) is 5.35. The third-order valence-electron chi connectivity index (χ3n) is 2.71. The number of pyridine rings is 1. The fraction of sp³-hybridized carbons (Fsp3) is 0.0769. The van der Waals surface area contributed by atoms with E-state index in [0.717, 1.165) is 6.42 Å². The quantitative estimate of drug-likeness (QED) is 0.750. The van der Waals surface area contributed by atoms with E-state index in [9.17, 15) is 0 Å². The highest BCUT2D eigenvalue weighted by molar-refractivity contribution is 7.15. The summed E-state index contributed by atoms with van der Waals surface area (Å²) in [7, 11) is 0. The zero-order valence-corrected chi connectivity index (χ0v) is 9.95. The molecule has 0 aliphatic carbocycles. The van der Waals surface area contributed by atoms with Crippen molar-refractivity contribution in [3.8, 4) is 0 Å². The molecule has 4 heteroatoms. The number of rotatable bonds is 2. The number of benzene rings is 1. The largest absolute Gasteiger partial charge is 0.375 e. The topological polar surface area (TPSA) is 51.8 Å². The van der Waals surface area contributed by atoms with Crippen molar-refractivity contribution in [1.29, 1.82) is 0 Å². The zero-order valence-electron chi connectivity index (χ0n) is 9.13.